The number of carbonyl (C=O) groups excluding carboxylic acids is 1. The number of rotatable bonds is 5. The van der Waals surface area contributed by atoms with Gasteiger partial charge in [0.15, 0.2) is 12.7 Å². The first-order valence-corrected chi connectivity index (χ1v) is 12.5. The molecule has 0 aliphatic heterocycles. The highest BCUT2D eigenvalue weighted by atomic mass is 35.7. The predicted molar refractivity (Wildman–Crippen MR) is 115 cm³/mol. The normalized spacial score (nSPS) is 11.8. The molecule has 32 heavy (non-hydrogen) atoms. The second-order valence-corrected chi connectivity index (χ2v) is 10.5. The van der Waals surface area contributed by atoms with Gasteiger partial charge in [-0.2, -0.15) is 0 Å². The van der Waals surface area contributed by atoms with Crippen molar-refractivity contribution in [3.05, 3.63) is 102 Å². The molecule has 0 aromatic heterocycles. The smallest absolute Gasteiger partial charge is 0.413 e. The van der Waals surface area contributed by atoms with Crippen LogP contribution in [0.4, 0.5) is 4.79 Å². The van der Waals surface area contributed by atoms with Crippen molar-refractivity contribution in [1.29, 1.82) is 0 Å². The lowest BCUT2D eigenvalue weighted by Crippen LogP contribution is -2.68. The number of benzene rings is 3. The highest BCUT2D eigenvalue weighted by Crippen LogP contribution is 2.61. The van der Waals surface area contributed by atoms with Crippen LogP contribution in [0.15, 0.2) is 102 Å². The van der Waals surface area contributed by atoms with Crippen molar-refractivity contribution in [2.75, 3.05) is 7.11 Å². The molecule has 1 N–H and O–H groups in total. The van der Waals surface area contributed by atoms with E-state index >= 15 is 0 Å². The quantitative estimate of drug-likeness (QED) is 0.480. The second kappa shape index (κ2) is 11.9. The summed E-state index contributed by atoms with van der Waals surface area (Å²) in [5.41, 5.74) is 2.08. The highest BCUT2D eigenvalue weighted by Gasteiger charge is 2.50. The zero-order valence-electron chi connectivity index (χ0n) is 16.9. The maximum absolute atomic E-state index is 12.1. The summed E-state index contributed by atoms with van der Waals surface area (Å²) >= 11 is 6.30. The number of nitrogens with one attached hydrogen (secondary N) is 1. The van der Waals surface area contributed by atoms with Gasteiger partial charge in [-0.3, -0.25) is 5.32 Å². The molecule has 168 valence electrons. The van der Waals surface area contributed by atoms with E-state index in [4.69, 9.17) is 35.0 Å². The molecule has 0 aliphatic carbocycles. The zero-order valence-corrected chi connectivity index (χ0v) is 19.3. The minimum absolute atomic E-state index is 0.547. The van der Waals surface area contributed by atoms with Crippen molar-refractivity contribution >= 4 is 40.9 Å². The molecule has 0 atom stereocenters. The summed E-state index contributed by atoms with van der Waals surface area (Å²) in [5.74, 6) is 0. The van der Waals surface area contributed by atoms with E-state index in [0.717, 1.165) is 15.9 Å². The summed E-state index contributed by atoms with van der Waals surface area (Å²) in [7, 11) is -6.02. The summed E-state index contributed by atoms with van der Waals surface area (Å²) in [6.45, 7) is 0. The van der Waals surface area contributed by atoms with Gasteiger partial charge in [0.1, 0.15) is 15.9 Å². The van der Waals surface area contributed by atoms with Gasteiger partial charge < -0.3 is 4.74 Å². The lowest BCUT2D eigenvalue weighted by molar-refractivity contribution is -2.00. The van der Waals surface area contributed by atoms with Gasteiger partial charge in [-0.15, -0.1) is 10.2 Å². The first-order chi connectivity index (χ1) is 15.2. The molecule has 0 heterocycles. The third-order valence-corrected chi connectivity index (χ3v) is 8.86. The molecule has 0 saturated carbocycles. The Morgan fingerprint density at radius 3 is 1.38 bits per heavy atom. The first kappa shape index (κ1) is 25.8. The van der Waals surface area contributed by atoms with E-state index in [1.165, 1.54) is 12.6 Å². The van der Waals surface area contributed by atoms with Gasteiger partial charge >= 0.3 is 6.09 Å². The van der Waals surface area contributed by atoms with Crippen molar-refractivity contribution in [2.45, 2.75) is 0 Å². The predicted octanol–water partition coefficient (Wildman–Crippen LogP) is -0.382. The number of hydrogen-bond donors (Lipinski definition) is 1. The van der Waals surface area contributed by atoms with Crippen LogP contribution in [0.5, 0.6) is 0 Å². The molecular formula is C22H20Cl2NO6P. The van der Waals surface area contributed by atoms with Crippen LogP contribution in [-0.4, -0.2) is 13.2 Å². The molecule has 1 amide bonds. The number of carbonyl (C=O) groups is 1. The fourth-order valence-corrected chi connectivity index (χ4v) is 7.65. The Labute approximate surface area is 193 Å². The maximum Gasteiger partial charge on any atom is 0.413 e. The number of amides is 1. The van der Waals surface area contributed by atoms with Crippen molar-refractivity contribution in [2.24, 2.45) is 0 Å². The molecule has 0 spiro atoms. The molecule has 0 unspecified atom stereocenters. The zero-order chi connectivity index (χ0) is 23.6. The van der Waals surface area contributed by atoms with Gasteiger partial charge in [0.25, 0.3) is 0 Å². The van der Waals surface area contributed by atoms with Gasteiger partial charge in [0, 0.05) is 0 Å². The SMILES string of the molecule is COC(=O)NC(=CCl)[P+](c1ccccc1)(c1ccccc1)c1ccccc1.[O-][Cl+3]([O-])([O-])[O-]. The average Bonchev–Trinajstić information content (AvgIpc) is 2.79. The summed E-state index contributed by atoms with van der Waals surface area (Å²) in [6.07, 6.45) is -0.547. The molecule has 10 heteroatoms. The molecule has 7 nitrogen and oxygen atoms in total. The van der Waals surface area contributed by atoms with Crippen LogP contribution in [-0.2, 0) is 4.74 Å². The molecule has 0 aliphatic rings. The fourth-order valence-electron chi connectivity index (χ4n) is 3.16. The Morgan fingerprint density at radius 2 is 1.12 bits per heavy atom. The van der Waals surface area contributed by atoms with Crippen LogP contribution in [0.3, 0.4) is 0 Å². The van der Waals surface area contributed by atoms with Crippen LogP contribution in [0.1, 0.15) is 0 Å². The molecule has 0 fully saturated rings. The van der Waals surface area contributed by atoms with E-state index < -0.39 is 23.6 Å². The minimum atomic E-state index is -4.94. The molecule has 3 aromatic rings. The summed E-state index contributed by atoms with van der Waals surface area (Å²) < 4.78 is 38.8. The number of ether oxygens (including phenoxy) is 1. The van der Waals surface area contributed by atoms with Crippen molar-refractivity contribution in [3.63, 3.8) is 0 Å². The Balaban J connectivity index is 0.000000654. The Bertz CT molecular complexity index is 912. The summed E-state index contributed by atoms with van der Waals surface area (Å²) in [5, 5.41) is 6.14. The third kappa shape index (κ3) is 6.76. The fraction of sp³-hybridized carbons (Fsp3) is 0.0455. The third-order valence-electron chi connectivity index (χ3n) is 4.31. The monoisotopic (exact) mass is 495 g/mol. The topological polar surface area (TPSA) is 131 Å². The first-order valence-electron chi connectivity index (χ1n) is 9.07. The van der Waals surface area contributed by atoms with E-state index in [1.54, 1.807) is 0 Å². The van der Waals surface area contributed by atoms with Crippen molar-refractivity contribution in [1.82, 2.24) is 5.32 Å². The summed E-state index contributed by atoms with van der Waals surface area (Å²) in [6, 6.07) is 30.4. The average molecular weight is 496 g/mol. The second-order valence-electron chi connectivity index (χ2n) is 6.17. The molecule has 0 radical (unpaired) electrons. The van der Waals surface area contributed by atoms with E-state index in [-0.39, 0.29) is 0 Å². The van der Waals surface area contributed by atoms with Crippen LogP contribution < -0.4 is 39.9 Å². The lowest BCUT2D eigenvalue weighted by atomic mass is 10.4. The van der Waals surface area contributed by atoms with E-state index in [0.29, 0.717) is 5.44 Å². The molecule has 0 bridgehead atoms. The molecular weight excluding hydrogens is 476 g/mol. The van der Waals surface area contributed by atoms with Gasteiger partial charge in [-0.05, 0) is 36.4 Å². The number of alkyl carbamates (subject to hydrolysis) is 1. The largest absolute Gasteiger partial charge is 0.453 e. The van der Waals surface area contributed by atoms with Gasteiger partial charge in [-0.1, -0.05) is 66.2 Å². The van der Waals surface area contributed by atoms with Crippen LogP contribution >= 0.6 is 18.9 Å². The lowest BCUT2D eigenvalue weighted by Gasteiger charge is -2.28. The van der Waals surface area contributed by atoms with Crippen LogP contribution in [0.25, 0.3) is 0 Å². The van der Waals surface area contributed by atoms with Gasteiger partial charge in [0.2, 0.25) is 0 Å². The number of halogens is 2. The number of hydrogen-bond acceptors (Lipinski definition) is 6. The van der Waals surface area contributed by atoms with Crippen LogP contribution in [0.2, 0.25) is 0 Å². The number of methoxy groups -OCH3 is 1. The molecule has 0 saturated heterocycles. The maximum atomic E-state index is 12.1. The minimum Gasteiger partial charge on any atom is -0.453 e. The van der Waals surface area contributed by atoms with Gasteiger partial charge in [0.05, 0.1) is 12.6 Å². The Kier molecular flexibility index (Phi) is 9.62. The van der Waals surface area contributed by atoms with Crippen LogP contribution in [0, 0.1) is 10.2 Å². The molecule has 3 rings (SSSR count). The van der Waals surface area contributed by atoms with E-state index in [1.807, 2.05) is 54.6 Å². The Hall–Kier alpha value is -2.48. The van der Waals surface area contributed by atoms with Gasteiger partial charge in [-0.25, -0.2) is 23.4 Å². The standard InChI is InChI=1S/C22H19ClNO2P.ClHO4/c1-26-22(25)24-21(17-23)27(18-11-5-2-6-12-18,19-13-7-3-8-14-19)20-15-9-4-10-16-20;2-1(3,4)5/h2-17H,1H3;(H,2,3,4,5). The van der Waals surface area contributed by atoms with Crippen molar-refractivity contribution in [3.8, 4) is 0 Å². The summed E-state index contributed by atoms with van der Waals surface area (Å²) in [4.78, 5) is 12.1. The molecule has 3 aromatic carbocycles. The van der Waals surface area contributed by atoms with E-state index in [2.05, 4.69) is 41.7 Å². The highest BCUT2D eigenvalue weighted by molar-refractivity contribution is 7.99. The van der Waals surface area contributed by atoms with E-state index in [9.17, 15) is 4.79 Å². The Morgan fingerprint density at radius 1 is 0.812 bits per heavy atom. The van der Waals surface area contributed by atoms with Crippen molar-refractivity contribution < 1.29 is 38.4 Å².